The Balaban J connectivity index is 2.37. The number of ether oxygens (including phenoxy) is 1. The van der Waals surface area contributed by atoms with Gasteiger partial charge >= 0.3 is 5.97 Å². The Kier molecular flexibility index (Phi) is 3.28. The fourth-order valence-corrected chi connectivity index (χ4v) is 1.94. The molecule has 92 valence electrons. The molecule has 1 saturated heterocycles. The zero-order valence-electron chi connectivity index (χ0n) is 9.92. The molecule has 0 bridgehead atoms. The van der Waals surface area contributed by atoms with E-state index in [1.54, 1.807) is 0 Å². The van der Waals surface area contributed by atoms with Crippen molar-refractivity contribution < 1.29 is 14.3 Å². The molecule has 0 aromatic carbocycles. The molecule has 0 radical (unpaired) electrons. The van der Waals surface area contributed by atoms with Crippen LogP contribution in [0.4, 0.5) is 5.69 Å². The quantitative estimate of drug-likeness (QED) is 0.571. The van der Waals surface area contributed by atoms with Gasteiger partial charge in [0, 0.05) is 25.1 Å². The van der Waals surface area contributed by atoms with Crippen molar-refractivity contribution in [2.75, 3.05) is 18.6 Å². The summed E-state index contributed by atoms with van der Waals surface area (Å²) in [6.45, 7) is 0.408. The maximum atomic E-state index is 11.9. The molecule has 5 heteroatoms. The number of carbonyl (C=O) groups is 2. The molecule has 5 nitrogen and oxygen atoms in total. The maximum Gasteiger partial charge on any atom is 0.340 e. The van der Waals surface area contributed by atoms with Crippen LogP contribution in [0.2, 0.25) is 0 Å². The fraction of sp³-hybridized carbons (Fsp3) is 0.308. The van der Waals surface area contributed by atoms with Gasteiger partial charge in [0.15, 0.2) is 0 Å². The topological polar surface area (TPSA) is 59.5 Å². The van der Waals surface area contributed by atoms with Gasteiger partial charge in [0.05, 0.1) is 24.6 Å². The van der Waals surface area contributed by atoms with Crippen LogP contribution in [0, 0.1) is 18.3 Å². The molecule has 1 aromatic heterocycles. The van der Waals surface area contributed by atoms with Crippen molar-refractivity contribution in [1.29, 1.82) is 0 Å². The van der Waals surface area contributed by atoms with Crippen molar-refractivity contribution in [2.24, 2.45) is 5.92 Å². The van der Waals surface area contributed by atoms with Crippen LogP contribution in [0.5, 0.6) is 0 Å². The lowest BCUT2D eigenvalue weighted by molar-refractivity contribution is -0.117. The van der Waals surface area contributed by atoms with Gasteiger partial charge in [-0.15, -0.1) is 12.3 Å². The van der Waals surface area contributed by atoms with Gasteiger partial charge in [0.2, 0.25) is 5.91 Å². The number of methoxy groups -OCH3 is 1. The number of esters is 1. The van der Waals surface area contributed by atoms with Crippen LogP contribution in [-0.4, -0.2) is 30.5 Å². The van der Waals surface area contributed by atoms with Crippen molar-refractivity contribution in [3.05, 3.63) is 24.0 Å². The molecule has 0 spiro atoms. The predicted octanol–water partition coefficient (Wildman–Crippen LogP) is 0.854. The second kappa shape index (κ2) is 4.88. The van der Waals surface area contributed by atoms with Gasteiger partial charge in [-0.2, -0.15) is 0 Å². The first-order chi connectivity index (χ1) is 8.67. The average Bonchev–Trinajstić information content (AvgIpc) is 2.79. The van der Waals surface area contributed by atoms with Gasteiger partial charge in [-0.05, 0) is 6.07 Å². The molecule has 1 aliphatic rings. The number of amides is 1. The lowest BCUT2D eigenvalue weighted by atomic mass is 10.1. The number of pyridine rings is 1. The number of nitrogens with zero attached hydrogens (tertiary/aromatic N) is 2. The fourth-order valence-electron chi connectivity index (χ4n) is 1.94. The van der Waals surface area contributed by atoms with Gasteiger partial charge in [0.1, 0.15) is 0 Å². The molecule has 2 heterocycles. The van der Waals surface area contributed by atoms with E-state index in [0.29, 0.717) is 24.2 Å². The number of carbonyl (C=O) groups excluding carboxylic acids is 2. The van der Waals surface area contributed by atoms with E-state index in [0.717, 1.165) is 0 Å². The summed E-state index contributed by atoms with van der Waals surface area (Å²) in [7, 11) is 1.29. The van der Waals surface area contributed by atoms with E-state index in [1.165, 1.54) is 30.5 Å². The standard InChI is InChI=1S/C13H12N2O3/c1-3-9-6-12(16)15(8-9)11-7-14-5-4-10(11)13(17)18-2/h1,4-5,7,9H,6,8H2,2H3. The third-order valence-electron chi connectivity index (χ3n) is 2.86. The Hall–Kier alpha value is -2.35. The Labute approximate surface area is 105 Å². The molecule has 1 aliphatic heterocycles. The first-order valence-electron chi connectivity index (χ1n) is 5.46. The van der Waals surface area contributed by atoms with Gasteiger partial charge in [-0.1, -0.05) is 0 Å². The number of hydrogen-bond acceptors (Lipinski definition) is 4. The number of rotatable bonds is 2. The summed E-state index contributed by atoms with van der Waals surface area (Å²) in [5.74, 6) is 1.84. The summed E-state index contributed by atoms with van der Waals surface area (Å²) in [5, 5.41) is 0. The van der Waals surface area contributed by atoms with E-state index < -0.39 is 5.97 Å². The van der Waals surface area contributed by atoms with Crippen molar-refractivity contribution in [2.45, 2.75) is 6.42 Å². The van der Waals surface area contributed by atoms with Crippen LogP contribution < -0.4 is 4.90 Å². The minimum atomic E-state index is -0.496. The van der Waals surface area contributed by atoms with Gasteiger partial charge in [0.25, 0.3) is 0 Å². The summed E-state index contributed by atoms with van der Waals surface area (Å²) in [5.41, 5.74) is 0.769. The summed E-state index contributed by atoms with van der Waals surface area (Å²) in [4.78, 5) is 28.9. The van der Waals surface area contributed by atoms with Gasteiger partial charge in [-0.25, -0.2) is 4.79 Å². The van der Waals surface area contributed by atoms with Crippen molar-refractivity contribution in [3.8, 4) is 12.3 Å². The molecule has 0 saturated carbocycles. The highest BCUT2D eigenvalue weighted by atomic mass is 16.5. The summed E-state index contributed by atoms with van der Waals surface area (Å²) in [6, 6.07) is 1.53. The second-order valence-corrected chi connectivity index (χ2v) is 3.96. The van der Waals surface area contributed by atoms with Gasteiger partial charge < -0.3 is 9.64 Å². The molecule has 1 atom stereocenters. The minimum Gasteiger partial charge on any atom is -0.465 e. The zero-order chi connectivity index (χ0) is 13.1. The number of anilines is 1. The average molecular weight is 244 g/mol. The van der Waals surface area contributed by atoms with Crippen LogP contribution in [0.3, 0.4) is 0 Å². The van der Waals surface area contributed by atoms with Crippen molar-refractivity contribution >= 4 is 17.6 Å². The molecular formula is C13H12N2O3. The van der Waals surface area contributed by atoms with E-state index in [-0.39, 0.29) is 11.8 Å². The van der Waals surface area contributed by atoms with E-state index in [4.69, 9.17) is 6.42 Å². The molecule has 0 aliphatic carbocycles. The first-order valence-corrected chi connectivity index (χ1v) is 5.46. The summed E-state index contributed by atoms with van der Waals surface area (Å²) >= 11 is 0. The van der Waals surface area contributed by atoms with E-state index >= 15 is 0 Å². The molecule has 1 unspecified atom stereocenters. The monoisotopic (exact) mass is 244 g/mol. The Bertz CT molecular complexity index is 533. The second-order valence-electron chi connectivity index (χ2n) is 3.96. The smallest absolute Gasteiger partial charge is 0.340 e. The molecule has 0 N–H and O–H groups in total. The van der Waals surface area contributed by atoms with Gasteiger partial charge in [-0.3, -0.25) is 9.78 Å². The van der Waals surface area contributed by atoms with E-state index in [2.05, 4.69) is 15.6 Å². The molecule has 1 amide bonds. The number of aromatic nitrogens is 1. The van der Waals surface area contributed by atoms with Crippen LogP contribution in [0.15, 0.2) is 18.5 Å². The zero-order valence-corrected chi connectivity index (χ0v) is 9.92. The minimum absolute atomic E-state index is 0.101. The largest absolute Gasteiger partial charge is 0.465 e. The van der Waals surface area contributed by atoms with E-state index in [1.807, 2.05) is 0 Å². The van der Waals surface area contributed by atoms with Crippen LogP contribution in [0.25, 0.3) is 0 Å². The predicted molar refractivity (Wildman–Crippen MR) is 64.9 cm³/mol. The van der Waals surface area contributed by atoms with Crippen LogP contribution >= 0.6 is 0 Å². The number of terminal acetylenes is 1. The summed E-state index contributed by atoms with van der Waals surface area (Å²) < 4.78 is 4.68. The highest BCUT2D eigenvalue weighted by molar-refractivity contribution is 6.03. The number of hydrogen-bond donors (Lipinski definition) is 0. The Morgan fingerprint density at radius 3 is 3.06 bits per heavy atom. The van der Waals surface area contributed by atoms with Crippen molar-refractivity contribution in [1.82, 2.24) is 4.98 Å². The third kappa shape index (κ3) is 2.05. The maximum absolute atomic E-state index is 11.9. The highest BCUT2D eigenvalue weighted by Crippen LogP contribution is 2.27. The Morgan fingerprint density at radius 1 is 1.67 bits per heavy atom. The lowest BCUT2D eigenvalue weighted by Crippen LogP contribution is -2.26. The molecule has 1 aromatic rings. The van der Waals surface area contributed by atoms with E-state index in [9.17, 15) is 9.59 Å². The molecule has 1 fully saturated rings. The third-order valence-corrected chi connectivity index (χ3v) is 2.86. The molecular weight excluding hydrogens is 232 g/mol. The Morgan fingerprint density at radius 2 is 2.44 bits per heavy atom. The highest BCUT2D eigenvalue weighted by Gasteiger charge is 2.31. The molecule has 2 rings (SSSR count). The lowest BCUT2D eigenvalue weighted by Gasteiger charge is -2.18. The van der Waals surface area contributed by atoms with Crippen molar-refractivity contribution in [3.63, 3.8) is 0 Å². The molecule has 18 heavy (non-hydrogen) atoms. The van der Waals surface area contributed by atoms with Crippen LogP contribution in [0.1, 0.15) is 16.8 Å². The SMILES string of the molecule is C#CC1CC(=O)N(c2cnccc2C(=O)OC)C1. The summed E-state index contributed by atoms with van der Waals surface area (Å²) in [6.07, 6.45) is 8.58. The normalized spacial score (nSPS) is 18.6. The van der Waals surface area contributed by atoms with Crippen LogP contribution in [-0.2, 0) is 9.53 Å². The first kappa shape index (κ1) is 12.1.